The van der Waals surface area contributed by atoms with Crippen molar-refractivity contribution in [2.45, 2.75) is 12.8 Å². The molecule has 0 aromatic carbocycles. The molecule has 1 aliphatic rings. The fraction of sp³-hybridized carbons (Fsp3) is 0.600. The van der Waals surface area contributed by atoms with Crippen molar-refractivity contribution >= 4 is 17.6 Å². The van der Waals surface area contributed by atoms with Gasteiger partial charge in [0.1, 0.15) is 0 Å². The molecule has 2 rings (SSSR count). The summed E-state index contributed by atoms with van der Waals surface area (Å²) in [5.74, 6) is 3.61. The van der Waals surface area contributed by atoms with E-state index in [0.717, 1.165) is 6.54 Å². The smallest absolute Gasteiger partial charge is 0.290 e. The number of thioether (sulfide) groups is 1. The molecule has 15 heavy (non-hydrogen) atoms. The molecular formula is C10H15N3OS. The van der Waals surface area contributed by atoms with Crippen LogP contribution in [0.3, 0.4) is 0 Å². The van der Waals surface area contributed by atoms with Gasteiger partial charge in [-0.2, -0.15) is 11.8 Å². The van der Waals surface area contributed by atoms with E-state index in [-0.39, 0.29) is 5.56 Å². The van der Waals surface area contributed by atoms with Crippen molar-refractivity contribution in [2.75, 3.05) is 23.4 Å². The largest absolute Gasteiger partial charge is 0.365 e. The van der Waals surface area contributed by atoms with E-state index in [9.17, 15) is 4.79 Å². The molecule has 0 saturated carbocycles. The van der Waals surface area contributed by atoms with Gasteiger partial charge in [0.2, 0.25) is 0 Å². The van der Waals surface area contributed by atoms with E-state index in [4.69, 9.17) is 0 Å². The zero-order valence-electron chi connectivity index (χ0n) is 8.53. The van der Waals surface area contributed by atoms with Crippen molar-refractivity contribution in [1.29, 1.82) is 0 Å². The fourth-order valence-electron chi connectivity index (χ4n) is 1.67. The third-order valence-electron chi connectivity index (χ3n) is 2.61. The van der Waals surface area contributed by atoms with Crippen LogP contribution in [0.15, 0.2) is 17.2 Å². The average Bonchev–Trinajstić information content (AvgIpc) is 2.29. The Kier molecular flexibility index (Phi) is 3.66. The van der Waals surface area contributed by atoms with Crippen LogP contribution in [0, 0.1) is 5.92 Å². The van der Waals surface area contributed by atoms with Crippen LogP contribution in [0.5, 0.6) is 0 Å². The number of anilines is 1. The van der Waals surface area contributed by atoms with E-state index in [1.807, 2.05) is 11.8 Å². The molecule has 1 aromatic rings. The lowest BCUT2D eigenvalue weighted by atomic mass is 10.0. The second-order valence-corrected chi connectivity index (χ2v) is 4.93. The molecule has 82 valence electrons. The molecule has 0 unspecified atom stereocenters. The zero-order chi connectivity index (χ0) is 10.5. The zero-order valence-corrected chi connectivity index (χ0v) is 9.35. The topological polar surface area (TPSA) is 57.8 Å². The van der Waals surface area contributed by atoms with Crippen LogP contribution >= 0.6 is 11.8 Å². The summed E-state index contributed by atoms with van der Waals surface area (Å²) in [5, 5.41) is 3.12. The minimum absolute atomic E-state index is 0.136. The first kappa shape index (κ1) is 10.5. The second kappa shape index (κ2) is 5.21. The predicted octanol–water partition coefficient (Wildman–Crippen LogP) is 1.32. The minimum atomic E-state index is -0.136. The molecule has 0 spiro atoms. The maximum Gasteiger partial charge on any atom is 0.290 e. The van der Waals surface area contributed by atoms with Crippen molar-refractivity contribution < 1.29 is 0 Å². The first-order valence-electron chi connectivity index (χ1n) is 5.21. The maximum absolute atomic E-state index is 11.3. The normalized spacial score (nSPS) is 17.6. The van der Waals surface area contributed by atoms with Crippen LogP contribution in [0.1, 0.15) is 12.8 Å². The summed E-state index contributed by atoms with van der Waals surface area (Å²) in [6.45, 7) is 0.862. The molecule has 4 nitrogen and oxygen atoms in total. The molecule has 2 N–H and O–H groups in total. The lowest BCUT2D eigenvalue weighted by Crippen LogP contribution is -2.23. The van der Waals surface area contributed by atoms with Crippen molar-refractivity contribution in [1.82, 2.24) is 9.97 Å². The van der Waals surface area contributed by atoms with Crippen LogP contribution in [0.25, 0.3) is 0 Å². The number of nitrogens with zero attached hydrogens (tertiary/aromatic N) is 1. The summed E-state index contributed by atoms with van der Waals surface area (Å²) in [7, 11) is 0. The van der Waals surface area contributed by atoms with Gasteiger partial charge in [-0.3, -0.25) is 4.79 Å². The van der Waals surface area contributed by atoms with E-state index in [0.29, 0.717) is 11.7 Å². The van der Waals surface area contributed by atoms with Gasteiger partial charge in [-0.25, -0.2) is 4.98 Å². The van der Waals surface area contributed by atoms with Gasteiger partial charge in [-0.15, -0.1) is 0 Å². The van der Waals surface area contributed by atoms with Gasteiger partial charge >= 0.3 is 0 Å². The number of nitrogens with one attached hydrogen (secondary N) is 2. The first-order chi connectivity index (χ1) is 7.36. The monoisotopic (exact) mass is 225 g/mol. The van der Waals surface area contributed by atoms with Gasteiger partial charge in [0.05, 0.1) is 0 Å². The van der Waals surface area contributed by atoms with E-state index in [1.54, 1.807) is 12.4 Å². The van der Waals surface area contributed by atoms with Gasteiger partial charge in [-0.1, -0.05) is 0 Å². The number of rotatable bonds is 3. The first-order valence-corrected chi connectivity index (χ1v) is 6.37. The Bertz CT molecular complexity index is 360. The summed E-state index contributed by atoms with van der Waals surface area (Å²) in [4.78, 5) is 17.9. The van der Waals surface area contributed by atoms with Gasteiger partial charge in [-0.05, 0) is 30.3 Å². The van der Waals surface area contributed by atoms with Gasteiger partial charge in [0.25, 0.3) is 5.56 Å². The van der Waals surface area contributed by atoms with E-state index in [2.05, 4.69) is 15.3 Å². The third kappa shape index (κ3) is 2.99. The summed E-state index contributed by atoms with van der Waals surface area (Å²) < 4.78 is 0. The van der Waals surface area contributed by atoms with Crippen molar-refractivity contribution in [3.8, 4) is 0 Å². The quantitative estimate of drug-likeness (QED) is 0.814. The Hall–Kier alpha value is -0.970. The van der Waals surface area contributed by atoms with Gasteiger partial charge in [0, 0.05) is 18.9 Å². The van der Waals surface area contributed by atoms with Crippen molar-refractivity contribution in [3.63, 3.8) is 0 Å². The minimum Gasteiger partial charge on any atom is -0.365 e. The molecular weight excluding hydrogens is 210 g/mol. The summed E-state index contributed by atoms with van der Waals surface area (Å²) in [6.07, 6.45) is 5.62. The Labute approximate surface area is 92.9 Å². The molecule has 5 heteroatoms. The summed E-state index contributed by atoms with van der Waals surface area (Å²) in [5.41, 5.74) is -0.136. The Morgan fingerprint density at radius 2 is 2.33 bits per heavy atom. The number of aromatic nitrogens is 2. The highest BCUT2D eigenvalue weighted by atomic mass is 32.2. The molecule has 1 aromatic heterocycles. The van der Waals surface area contributed by atoms with Crippen molar-refractivity contribution in [3.05, 3.63) is 22.7 Å². The number of H-pyrrole nitrogens is 1. The third-order valence-corrected chi connectivity index (χ3v) is 3.66. The molecule has 1 saturated heterocycles. The Morgan fingerprint density at radius 1 is 1.53 bits per heavy atom. The Balaban J connectivity index is 1.87. The Morgan fingerprint density at radius 3 is 3.07 bits per heavy atom. The van der Waals surface area contributed by atoms with Gasteiger partial charge < -0.3 is 10.3 Å². The standard InChI is InChI=1S/C10H15N3OS/c14-10-9(11-3-4-12-10)13-7-8-1-5-15-6-2-8/h3-4,8H,1-2,5-7H2,(H,11,13)(H,12,14). The van der Waals surface area contributed by atoms with E-state index >= 15 is 0 Å². The average molecular weight is 225 g/mol. The highest BCUT2D eigenvalue weighted by Crippen LogP contribution is 2.22. The second-order valence-electron chi connectivity index (χ2n) is 3.70. The van der Waals surface area contributed by atoms with Crippen LogP contribution in [-0.4, -0.2) is 28.0 Å². The van der Waals surface area contributed by atoms with Crippen LogP contribution in [-0.2, 0) is 0 Å². The molecule has 0 radical (unpaired) electrons. The number of hydrogen-bond donors (Lipinski definition) is 2. The van der Waals surface area contributed by atoms with E-state index in [1.165, 1.54) is 24.3 Å². The molecule has 0 bridgehead atoms. The van der Waals surface area contributed by atoms with Crippen LogP contribution in [0.4, 0.5) is 5.82 Å². The van der Waals surface area contributed by atoms with E-state index < -0.39 is 0 Å². The molecule has 1 aliphatic heterocycles. The predicted molar refractivity (Wildman–Crippen MR) is 63.4 cm³/mol. The van der Waals surface area contributed by atoms with Crippen LogP contribution in [0.2, 0.25) is 0 Å². The highest BCUT2D eigenvalue weighted by molar-refractivity contribution is 7.99. The maximum atomic E-state index is 11.3. The number of aromatic amines is 1. The number of hydrogen-bond acceptors (Lipinski definition) is 4. The molecule has 0 aliphatic carbocycles. The molecule has 0 amide bonds. The lowest BCUT2D eigenvalue weighted by molar-refractivity contribution is 0.515. The molecule has 2 heterocycles. The lowest BCUT2D eigenvalue weighted by Gasteiger charge is -2.21. The van der Waals surface area contributed by atoms with Crippen LogP contribution < -0.4 is 10.9 Å². The fourth-order valence-corrected chi connectivity index (χ4v) is 2.87. The van der Waals surface area contributed by atoms with Gasteiger partial charge in [0.15, 0.2) is 5.82 Å². The summed E-state index contributed by atoms with van der Waals surface area (Å²) in [6, 6.07) is 0. The SMILES string of the molecule is O=c1[nH]ccnc1NCC1CCSCC1. The van der Waals surface area contributed by atoms with Crippen molar-refractivity contribution in [2.24, 2.45) is 5.92 Å². The molecule has 0 atom stereocenters. The summed E-state index contributed by atoms with van der Waals surface area (Å²) >= 11 is 2.01. The highest BCUT2D eigenvalue weighted by Gasteiger charge is 2.13. The molecule has 1 fully saturated rings.